The second-order valence-electron chi connectivity index (χ2n) is 5.32. The van der Waals surface area contributed by atoms with E-state index < -0.39 is 5.97 Å². The lowest BCUT2D eigenvalue weighted by Crippen LogP contribution is -2.12. The van der Waals surface area contributed by atoms with E-state index in [1.165, 1.54) is 18.4 Å². The van der Waals surface area contributed by atoms with E-state index in [0.29, 0.717) is 11.3 Å². The van der Waals surface area contributed by atoms with Crippen molar-refractivity contribution in [1.29, 1.82) is 0 Å². The molecule has 0 aliphatic heterocycles. The molecule has 2 aromatic carbocycles. The van der Waals surface area contributed by atoms with Gasteiger partial charge in [-0.05, 0) is 29.3 Å². The Morgan fingerprint density at radius 1 is 0.880 bits per heavy atom. The van der Waals surface area contributed by atoms with Gasteiger partial charge in [-0.2, -0.15) is 0 Å². The van der Waals surface area contributed by atoms with Crippen molar-refractivity contribution in [3.8, 4) is 11.1 Å². The number of rotatable bonds is 6. The first-order chi connectivity index (χ1) is 12.2. The van der Waals surface area contributed by atoms with Crippen molar-refractivity contribution in [2.75, 3.05) is 6.61 Å². The second kappa shape index (κ2) is 7.93. The van der Waals surface area contributed by atoms with Crippen LogP contribution in [0.1, 0.15) is 16.1 Å². The monoisotopic (exact) mass is 332 g/mol. The second-order valence-corrected chi connectivity index (χ2v) is 5.32. The summed E-state index contributed by atoms with van der Waals surface area (Å²) >= 11 is 0. The van der Waals surface area contributed by atoms with Crippen molar-refractivity contribution in [3.63, 3.8) is 0 Å². The van der Waals surface area contributed by atoms with Crippen LogP contribution in [0.3, 0.4) is 0 Å². The molecule has 0 saturated heterocycles. The van der Waals surface area contributed by atoms with Gasteiger partial charge in [-0.1, -0.05) is 54.6 Å². The van der Waals surface area contributed by atoms with Crippen molar-refractivity contribution in [2.24, 2.45) is 0 Å². The summed E-state index contributed by atoms with van der Waals surface area (Å²) in [7, 11) is 0. The van der Waals surface area contributed by atoms with E-state index in [2.05, 4.69) is 0 Å². The fourth-order valence-corrected chi connectivity index (χ4v) is 2.28. The Hall–Kier alpha value is -3.40. The minimum absolute atomic E-state index is 0.251. The summed E-state index contributed by atoms with van der Waals surface area (Å²) < 4.78 is 10.0. The Morgan fingerprint density at radius 2 is 1.60 bits per heavy atom. The molecular formula is C21H16O4. The maximum absolute atomic E-state index is 12.1. The predicted molar refractivity (Wildman–Crippen MR) is 94.9 cm³/mol. The standard InChI is InChI=1S/C21H16O4/c22-20(15-25-21(23)13-12-19-7-4-14-24-19)18-10-8-17(9-11-18)16-5-2-1-3-6-16/h1-14H,15H2/b13-12+. The normalized spacial score (nSPS) is 10.7. The first-order valence-electron chi connectivity index (χ1n) is 7.79. The Morgan fingerprint density at radius 3 is 2.28 bits per heavy atom. The Kier molecular flexibility index (Phi) is 5.22. The maximum atomic E-state index is 12.1. The smallest absolute Gasteiger partial charge is 0.331 e. The summed E-state index contributed by atoms with van der Waals surface area (Å²) in [6.07, 6.45) is 4.22. The molecule has 0 aliphatic rings. The summed E-state index contributed by atoms with van der Waals surface area (Å²) in [6.45, 7) is -0.300. The third-order valence-corrected chi connectivity index (χ3v) is 3.59. The largest absolute Gasteiger partial charge is 0.465 e. The van der Waals surface area contributed by atoms with Crippen LogP contribution in [0.25, 0.3) is 17.2 Å². The number of carbonyl (C=O) groups is 2. The highest BCUT2D eigenvalue weighted by atomic mass is 16.5. The zero-order valence-corrected chi connectivity index (χ0v) is 13.4. The van der Waals surface area contributed by atoms with Gasteiger partial charge in [-0.25, -0.2) is 4.79 Å². The molecular weight excluding hydrogens is 316 g/mol. The van der Waals surface area contributed by atoms with Crippen LogP contribution >= 0.6 is 0 Å². The van der Waals surface area contributed by atoms with E-state index in [4.69, 9.17) is 9.15 Å². The summed E-state index contributed by atoms with van der Waals surface area (Å²) in [6, 6.07) is 20.5. The first-order valence-corrected chi connectivity index (χ1v) is 7.79. The molecule has 0 radical (unpaired) electrons. The molecule has 3 aromatic rings. The lowest BCUT2D eigenvalue weighted by atomic mass is 10.0. The molecule has 1 heterocycles. The molecule has 0 atom stereocenters. The van der Waals surface area contributed by atoms with Crippen LogP contribution in [0.2, 0.25) is 0 Å². The van der Waals surface area contributed by atoms with Crippen LogP contribution in [0, 0.1) is 0 Å². The highest BCUT2D eigenvalue weighted by molar-refractivity contribution is 5.99. The van der Waals surface area contributed by atoms with E-state index >= 15 is 0 Å². The molecule has 0 fully saturated rings. The predicted octanol–water partition coefficient (Wildman–Crippen LogP) is 4.39. The molecule has 1 aromatic heterocycles. The van der Waals surface area contributed by atoms with Crippen molar-refractivity contribution < 1.29 is 18.7 Å². The average Bonchev–Trinajstić information content (AvgIpc) is 3.19. The van der Waals surface area contributed by atoms with E-state index in [1.807, 2.05) is 42.5 Å². The highest BCUT2D eigenvalue weighted by Gasteiger charge is 2.09. The lowest BCUT2D eigenvalue weighted by Gasteiger charge is -2.04. The van der Waals surface area contributed by atoms with Crippen LogP contribution in [0.5, 0.6) is 0 Å². The van der Waals surface area contributed by atoms with Crippen molar-refractivity contribution in [2.45, 2.75) is 0 Å². The molecule has 0 bridgehead atoms. The van der Waals surface area contributed by atoms with Gasteiger partial charge in [0.25, 0.3) is 0 Å². The van der Waals surface area contributed by atoms with Gasteiger partial charge in [0.15, 0.2) is 12.4 Å². The highest BCUT2D eigenvalue weighted by Crippen LogP contribution is 2.19. The molecule has 0 spiro atoms. The Labute approximate surface area is 145 Å². The lowest BCUT2D eigenvalue weighted by molar-refractivity contribution is -0.136. The molecule has 3 rings (SSSR count). The SMILES string of the molecule is O=C(/C=C/c1ccco1)OCC(=O)c1ccc(-c2ccccc2)cc1. The van der Waals surface area contributed by atoms with Crippen LogP contribution in [0.15, 0.2) is 83.5 Å². The van der Waals surface area contributed by atoms with Gasteiger partial charge in [-0.3, -0.25) is 4.79 Å². The van der Waals surface area contributed by atoms with Gasteiger partial charge >= 0.3 is 5.97 Å². The zero-order chi connectivity index (χ0) is 17.5. The van der Waals surface area contributed by atoms with E-state index in [1.54, 1.807) is 24.3 Å². The number of ketones is 1. The van der Waals surface area contributed by atoms with Gasteiger partial charge < -0.3 is 9.15 Å². The van der Waals surface area contributed by atoms with Gasteiger partial charge in [0.1, 0.15) is 5.76 Å². The number of benzene rings is 2. The molecule has 0 saturated carbocycles. The van der Waals surface area contributed by atoms with E-state index in [0.717, 1.165) is 11.1 Å². The van der Waals surface area contributed by atoms with Crippen LogP contribution in [-0.4, -0.2) is 18.4 Å². The van der Waals surface area contributed by atoms with Crippen molar-refractivity contribution in [3.05, 3.63) is 90.4 Å². The van der Waals surface area contributed by atoms with E-state index in [-0.39, 0.29) is 12.4 Å². The molecule has 0 unspecified atom stereocenters. The number of hydrogen-bond acceptors (Lipinski definition) is 4. The summed E-state index contributed by atoms with van der Waals surface area (Å²) in [4.78, 5) is 23.7. The number of furan rings is 1. The van der Waals surface area contributed by atoms with Gasteiger partial charge in [0.2, 0.25) is 0 Å². The van der Waals surface area contributed by atoms with Crippen molar-refractivity contribution in [1.82, 2.24) is 0 Å². The summed E-state index contributed by atoms with van der Waals surface area (Å²) in [5, 5.41) is 0. The van der Waals surface area contributed by atoms with Gasteiger partial charge in [-0.15, -0.1) is 0 Å². The number of carbonyl (C=O) groups excluding carboxylic acids is 2. The quantitative estimate of drug-likeness (QED) is 0.382. The molecule has 4 nitrogen and oxygen atoms in total. The van der Waals surface area contributed by atoms with Crippen LogP contribution < -0.4 is 0 Å². The zero-order valence-electron chi connectivity index (χ0n) is 13.4. The summed E-state index contributed by atoms with van der Waals surface area (Å²) in [5.41, 5.74) is 2.61. The maximum Gasteiger partial charge on any atom is 0.331 e. The number of hydrogen-bond donors (Lipinski definition) is 0. The molecule has 0 aliphatic carbocycles. The Bertz CT molecular complexity index is 860. The molecule has 25 heavy (non-hydrogen) atoms. The van der Waals surface area contributed by atoms with E-state index in [9.17, 15) is 9.59 Å². The Balaban J connectivity index is 1.55. The third kappa shape index (κ3) is 4.54. The number of ether oxygens (including phenoxy) is 1. The molecule has 124 valence electrons. The van der Waals surface area contributed by atoms with Gasteiger partial charge in [0, 0.05) is 11.6 Å². The minimum atomic E-state index is -0.592. The van der Waals surface area contributed by atoms with Gasteiger partial charge in [0.05, 0.1) is 6.26 Å². The molecule has 0 amide bonds. The topological polar surface area (TPSA) is 56.5 Å². The van der Waals surface area contributed by atoms with Crippen molar-refractivity contribution >= 4 is 17.8 Å². The third-order valence-electron chi connectivity index (χ3n) is 3.59. The van der Waals surface area contributed by atoms with Crippen LogP contribution in [-0.2, 0) is 9.53 Å². The fourth-order valence-electron chi connectivity index (χ4n) is 2.28. The average molecular weight is 332 g/mol. The summed E-state index contributed by atoms with van der Waals surface area (Å²) in [5.74, 6) is -0.301. The molecule has 0 N–H and O–H groups in total. The van der Waals surface area contributed by atoms with Crippen LogP contribution in [0.4, 0.5) is 0 Å². The minimum Gasteiger partial charge on any atom is -0.465 e. The number of esters is 1. The molecule has 4 heteroatoms. The fraction of sp³-hybridized carbons (Fsp3) is 0.0476. The first kappa shape index (κ1) is 16.5. The number of Topliss-reactive ketones (excluding diaryl/α,β-unsaturated/α-hetero) is 1.